The smallest absolute Gasteiger partial charge is 0.239 e. The van der Waals surface area contributed by atoms with E-state index in [2.05, 4.69) is 0 Å². The van der Waals surface area contributed by atoms with Gasteiger partial charge in [-0.05, 0) is 58.7 Å². The first kappa shape index (κ1) is 24.9. The van der Waals surface area contributed by atoms with Crippen LogP contribution < -0.4 is 14.9 Å². The van der Waals surface area contributed by atoms with Crippen molar-refractivity contribution in [3.63, 3.8) is 0 Å². The summed E-state index contributed by atoms with van der Waals surface area (Å²) in [5.74, 6) is -1.22. The summed E-state index contributed by atoms with van der Waals surface area (Å²) in [5, 5.41) is 22.1. The average Bonchev–Trinajstić information content (AvgIpc) is 2.78. The number of hydrogen-bond acceptors (Lipinski definition) is 6. The Morgan fingerprint density at radius 1 is 0.971 bits per heavy atom. The number of methoxy groups -OCH3 is 2. The second-order valence-electron chi connectivity index (χ2n) is 8.47. The van der Waals surface area contributed by atoms with Crippen LogP contribution >= 0.6 is 0 Å². The van der Waals surface area contributed by atoms with Crippen molar-refractivity contribution in [3.8, 4) is 34.3 Å². The lowest BCUT2D eigenvalue weighted by Crippen LogP contribution is -2.10. The lowest BCUT2D eigenvalue weighted by atomic mass is 9.96. The van der Waals surface area contributed by atoms with E-state index >= 15 is 0 Å². The molecule has 0 spiro atoms. The summed E-state index contributed by atoms with van der Waals surface area (Å²) in [7, 11) is 2.64. The number of benzene rings is 2. The second kappa shape index (κ2) is 10.0. The molecule has 7 heteroatoms. The topological polar surface area (TPSA) is 89.1 Å². The van der Waals surface area contributed by atoms with E-state index in [-0.39, 0.29) is 58.1 Å². The fourth-order valence-electron chi connectivity index (χ4n) is 3.67. The highest BCUT2D eigenvalue weighted by Gasteiger charge is 2.26. The summed E-state index contributed by atoms with van der Waals surface area (Å²) in [6.07, 6.45) is 4.25. The maximum atomic E-state index is 14.0. The highest BCUT2D eigenvalue weighted by molar-refractivity contribution is 5.93. The summed E-state index contributed by atoms with van der Waals surface area (Å²) >= 11 is 0. The van der Waals surface area contributed by atoms with Gasteiger partial charge < -0.3 is 24.1 Å². The minimum Gasteiger partial charge on any atom is -0.507 e. The molecule has 0 bridgehead atoms. The number of ether oxygens (including phenoxy) is 2. The Labute approximate surface area is 197 Å². The third-order valence-electron chi connectivity index (χ3n) is 5.49. The Kier molecular flexibility index (Phi) is 7.35. The first-order chi connectivity index (χ1) is 16.1. The van der Waals surface area contributed by atoms with Gasteiger partial charge in [-0.1, -0.05) is 23.3 Å². The van der Waals surface area contributed by atoms with E-state index in [0.717, 1.165) is 11.1 Å². The summed E-state index contributed by atoms with van der Waals surface area (Å²) < 4.78 is 30.5. The van der Waals surface area contributed by atoms with Crippen LogP contribution in [0.1, 0.15) is 38.8 Å². The molecule has 0 aliphatic heterocycles. The average molecular weight is 469 g/mol. The minimum atomic E-state index is -0.601. The van der Waals surface area contributed by atoms with Crippen molar-refractivity contribution >= 4 is 11.0 Å². The van der Waals surface area contributed by atoms with Crippen LogP contribution in [0.15, 0.2) is 50.7 Å². The maximum Gasteiger partial charge on any atom is 0.239 e. The molecule has 3 rings (SSSR count). The summed E-state index contributed by atoms with van der Waals surface area (Å²) in [6.45, 7) is 7.64. The quantitative estimate of drug-likeness (QED) is 0.411. The second-order valence-corrected chi connectivity index (χ2v) is 8.47. The number of halogens is 1. The standard InChI is InChI=1S/C27H29FO6/c1-14(2)7-10-17-22(29)18(11-8-15(3)4)26-21(23(17)30)24(31)27(33-6)25(34-26)16-9-12-19(28)20(13-16)32-5/h7-9,12-13,29-30H,10-11H2,1-6H3. The molecule has 0 atom stereocenters. The van der Waals surface area contributed by atoms with Crippen LogP contribution in [0.2, 0.25) is 0 Å². The lowest BCUT2D eigenvalue weighted by molar-refractivity contribution is 0.385. The van der Waals surface area contributed by atoms with Gasteiger partial charge in [-0.2, -0.15) is 0 Å². The summed E-state index contributed by atoms with van der Waals surface area (Å²) in [5.41, 5.74) is 2.38. The van der Waals surface area contributed by atoms with E-state index in [4.69, 9.17) is 13.9 Å². The largest absolute Gasteiger partial charge is 0.507 e. The van der Waals surface area contributed by atoms with E-state index in [9.17, 15) is 19.4 Å². The fourth-order valence-corrected chi connectivity index (χ4v) is 3.67. The molecule has 0 fully saturated rings. The Balaban J connectivity index is 2.46. The number of hydrogen-bond donors (Lipinski definition) is 2. The number of fused-ring (bicyclic) bond motifs is 1. The third-order valence-corrected chi connectivity index (χ3v) is 5.49. The zero-order chi connectivity index (χ0) is 25.2. The van der Waals surface area contributed by atoms with Crippen molar-refractivity contribution in [1.82, 2.24) is 0 Å². The first-order valence-electron chi connectivity index (χ1n) is 10.8. The number of phenolic OH excluding ortho intramolecular Hbond substituents is 2. The number of rotatable bonds is 7. The SMILES string of the molecule is COc1cc(-c2oc3c(CC=C(C)C)c(O)c(CC=C(C)C)c(O)c3c(=O)c2OC)ccc1F. The molecule has 6 nitrogen and oxygen atoms in total. The van der Waals surface area contributed by atoms with Crippen LogP contribution in [-0.2, 0) is 12.8 Å². The monoisotopic (exact) mass is 468 g/mol. The van der Waals surface area contributed by atoms with Gasteiger partial charge in [0.25, 0.3) is 0 Å². The van der Waals surface area contributed by atoms with Crippen LogP contribution in [0.5, 0.6) is 23.0 Å². The Hall–Kier alpha value is -3.74. The van der Waals surface area contributed by atoms with Crippen LogP contribution in [0.25, 0.3) is 22.3 Å². The van der Waals surface area contributed by atoms with Gasteiger partial charge in [-0.25, -0.2) is 4.39 Å². The third kappa shape index (κ3) is 4.64. The number of allylic oxidation sites excluding steroid dienone is 4. The van der Waals surface area contributed by atoms with Crippen molar-refractivity contribution in [2.75, 3.05) is 14.2 Å². The Morgan fingerprint density at radius 2 is 1.59 bits per heavy atom. The Morgan fingerprint density at radius 3 is 2.15 bits per heavy atom. The Bertz CT molecular complexity index is 1360. The van der Waals surface area contributed by atoms with E-state index in [1.807, 2.05) is 39.8 Å². The molecule has 0 saturated carbocycles. The van der Waals surface area contributed by atoms with Gasteiger partial charge in [0.05, 0.1) is 14.2 Å². The van der Waals surface area contributed by atoms with Gasteiger partial charge in [0, 0.05) is 16.7 Å². The van der Waals surface area contributed by atoms with Crippen molar-refractivity contribution in [3.05, 3.63) is 68.7 Å². The van der Waals surface area contributed by atoms with Gasteiger partial charge in [0.1, 0.15) is 22.5 Å². The molecule has 2 N–H and O–H groups in total. The van der Waals surface area contributed by atoms with Gasteiger partial charge in [-0.3, -0.25) is 4.79 Å². The molecular formula is C27H29FO6. The van der Waals surface area contributed by atoms with E-state index < -0.39 is 11.2 Å². The number of phenols is 2. The maximum absolute atomic E-state index is 14.0. The molecular weight excluding hydrogens is 439 g/mol. The fraction of sp³-hybridized carbons (Fsp3) is 0.296. The molecule has 180 valence electrons. The van der Waals surface area contributed by atoms with Gasteiger partial charge in [-0.15, -0.1) is 0 Å². The highest BCUT2D eigenvalue weighted by Crippen LogP contribution is 2.43. The van der Waals surface area contributed by atoms with Gasteiger partial charge >= 0.3 is 0 Å². The molecule has 0 aliphatic carbocycles. The van der Waals surface area contributed by atoms with Crippen LogP contribution in [0.4, 0.5) is 4.39 Å². The first-order valence-corrected chi connectivity index (χ1v) is 10.8. The minimum absolute atomic E-state index is 0.0326. The normalized spacial score (nSPS) is 10.8. The predicted molar refractivity (Wildman–Crippen MR) is 131 cm³/mol. The molecule has 0 saturated heterocycles. The molecule has 34 heavy (non-hydrogen) atoms. The van der Waals surface area contributed by atoms with E-state index in [0.29, 0.717) is 11.1 Å². The van der Waals surface area contributed by atoms with Crippen LogP contribution in [-0.4, -0.2) is 24.4 Å². The molecule has 0 radical (unpaired) electrons. The molecule has 0 aliphatic rings. The molecule has 2 aromatic carbocycles. The van der Waals surface area contributed by atoms with E-state index in [1.54, 1.807) is 0 Å². The lowest BCUT2D eigenvalue weighted by Gasteiger charge is -2.17. The highest BCUT2D eigenvalue weighted by atomic mass is 19.1. The molecule has 0 amide bonds. The molecule has 1 aromatic heterocycles. The molecule has 1 heterocycles. The molecule has 0 unspecified atom stereocenters. The summed E-state index contributed by atoms with van der Waals surface area (Å²) in [4.78, 5) is 13.5. The van der Waals surface area contributed by atoms with Crippen molar-refractivity contribution in [2.45, 2.75) is 40.5 Å². The van der Waals surface area contributed by atoms with Gasteiger partial charge in [0.15, 0.2) is 17.3 Å². The van der Waals surface area contributed by atoms with Crippen molar-refractivity contribution in [2.24, 2.45) is 0 Å². The van der Waals surface area contributed by atoms with Crippen LogP contribution in [0, 0.1) is 5.82 Å². The number of aromatic hydroxyl groups is 2. The van der Waals surface area contributed by atoms with Crippen molar-refractivity contribution in [1.29, 1.82) is 0 Å². The predicted octanol–water partition coefficient (Wildman–Crippen LogP) is 6.04. The van der Waals surface area contributed by atoms with Gasteiger partial charge in [0.2, 0.25) is 11.2 Å². The molecule has 3 aromatic rings. The van der Waals surface area contributed by atoms with Crippen LogP contribution in [0.3, 0.4) is 0 Å². The zero-order valence-corrected chi connectivity index (χ0v) is 20.2. The van der Waals surface area contributed by atoms with Crippen molar-refractivity contribution < 1.29 is 28.5 Å². The van der Waals surface area contributed by atoms with E-state index in [1.165, 1.54) is 32.4 Å². The summed E-state index contributed by atoms with van der Waals surface area (Å²) in [6, 6.07) is 4.02. The zero-order valence-electron chi connectivity index (χ0n) is 20.2.